The van der Waals surface area contributed by atoms with E-state index >= 15 is 0 Å². The first kappa shape index (κ1) is 20.7. The summed E-state index contributed by atoms with van der Waals surface area (Å²) in [5.74, 6) is 1.60. The zero-order valence-corrected chi connectivity index (χ0v) is 19.0. The summed E-state index contributed by atoms with van der Waals surface area (Å²) < 4.78 is 11.4. The molecular formula is C24H24ClN5O2. The molecule has 0 amide bonds. The van der Waals surface area contributed by atoms with Crippen LogP contribution in [0.15, 0.2) is 42.7 Å². The zero-order valence-electron chi connectivity index (χ0n) is 18.2. The number of anilines is 1. The molecule has 32 heavy (non-hydrogen) atoms. The van der Waals surface area contributed by atoms with Crippen LogP contribution in [0.4, 0.5) is 5.82 Å². The minimum absolute atomic E-state index is 0.210. The van der Waals surface area contributed by atoms with Crippen molar-refractivity contribution in [3.8, 4) is 28.3 Å². The Hall–Kier alpha value is -3.16. The van der Waals surface area contributed by atoms with Gasteiger partial charge in [0.25, 0.3) is 0 Å². The predicted molar refractivity (Wildman–Crippen MR) is 126 cm³/mol. The van der Waals surface area contributed by atoms with Gasteiger partial charge in [-0.25, -0.2) is 4.98 Å². The fourth-order valence-electron chi connectivity index (χ4n) is 4.29. The second-order valence-electron chi connectivity index (χ2n) is 7.97. The largest absolute Gasteiger partial charge is 0.496 e. The molecule has 1 fully saturated rings. The lowest BCUT2D eigenvalue weighted by Crippen LogP contribution is -2.44. The molecule has 5 rings (SSSR count). The molecule has 0 saturated carbocycles. The van der Waals surface area contributed by atoms with Gasteiger partial charge in [-0.2, -0.15) is 5.10 Å². The Labute approximate surface area is 191 Å². The number of aryl methyl sites for hydroxylation is 1. The molecule has 1 aromatic carbocycles. The van der Waals surface area contributed by atoms with Crippen molar-refractivity contribution in [3.05, 3.63) is 53.3 Å². The molecule has 164 valence electrons. The lowest BCUT2D eigenvalue weighted by Gasteiger charge is -2.35. The number of ether oxygens (including phenoxy) is 2. The molecule has 7 nitrogen and oxygen atoms in total. The van der Waals surface area contributed by atoms with E-state index in [-0.39, 0.29) is 6.04 Å². The Balaban J connectivity index is 1.85. The molecule has 0 aliphatic carbocycles. The minimum atomic E-state index is 0.210. The summed E-state index contributed by atoms with van der Waals surface area (Å²) in [6.45, 7) is 6.31. The minimum Gasteiger partial charge on any atom is -0.496 e. The number of pyridine rings is 2. The highest BCUT2D eigenvalue weighted by molar-refractivity contribution is 6.30. The van der Waals surface area contributed by atoms with E-state index in [4.69, 9.17) is 31.0 Å². The number of nitrogens with one attached hydrogen (secondary N) is 1. The van der Waals surface area contributed by atoms with Crippen LogP contribution in [0.25, 0.3) is 33.4 Å². The van der Waals surface area contributed by atoms with Crippen LogP contribution in [0.1, 0.15) is 12.5 Å². The standard InChI is InChI=1S/C24H24ClN5O2/c1-14-12-26-23(19-6-7-27-29-19)24-22(14)18(17-5-4-16(25)10-20(17)31-3)11-21(28-24)30-8-9-32-13-15(30)2/h4-7,10-12,15H,8-9,13H2,1-3H3,(H,27,29). The summed E-state index contributed by atoms with van der Waals surface area (Å²) >= 11 is 6.26. The van der Waals surface area contributed by atoms with Crippen molar-refractivity contribution in [2.24, 2.45) is 0 Å². The number of H-pyrrole nitrogens is 1. The summed E-state index contributed by atoms with van der Waals surface area (Å²) in [5.41, 5.74) is 5.42. The molecule has 1 aliphatic rings. The molecule has 4 aromatic rings. The maximum atomic E-state index is 6.26. The van der Waals surface area contributed by atoms with Gasteiger partial charge in [0.2, 0.25) is 0 Å². The van der Waals surface area contributed by atoms with Crippen molar-refractivity contribution in [2.45, 2.75) is 19.9 Å². The maximum absolute atomic E-state index is 6.26. The molecule has 0 radical (unpaired) electrons. The number of nitrogens with zero attached hydrogens (tertiary/aromatic N) is 4. The highest BCUT2D eigenvalue weighted by Crippen LogP contribution is 2.41. The number of benzene rings is 1. The fourth-order valence-corrected chi connectivity index (χ4v) is 4.45. The van der Waals surface area contributed by atoms with Crippen molar-refractivity contribution in [1.29, 1.82) is 0 Å². The molecule has 1 aliphatic heterocycles. The van der Waals surface area contributed by atoms with E-state index in [0.29, 0.717) is 24.0 Å². The van der Waals surface area contributed by atoms with Crippen LogP contribution in [-0.4, -0.2) is 53.1 Å². The Morgan fingerprint density at radius 3 is 2.84 bits per heavy atom. The van der Waals surface area contributed by atoms with Crippen LogP contribution < -0.4 is 9.64 Å². The Morgan fingerprint density at radius 1 is 1.22 bits per heavy atom. The Kier molecular flexibility index (Phi) is 5.45. The molecule has 0 spiro atoms. The van der Waals surface area contributed by atoms with Crippen LogP contribution in [0.2, 0.25) is 5.02 Å². The van der Waals surface area contributed by atoms with Gasteiger partial charge >= 0.3 is 0 Å². The zero-order chi connectivity index (χ0) is 22.2. The van der Waals surface area contributed by atoms with Crippen molar-refractivity contribution < 1.29 is 9.47 Å². The average molecular weight is 450 g/mol. The first-order valence-electron chi connectivity index (χ1n) is 10.5. The van der Waals surface area contributed by atoms with Gasteiger partial charge in [0, 0.05) is 34.9 Å². The number of halogens is 1. The lowest BCUT2D eigenvalue weighted by atomic mass is 9.96. The third kappa shape index (κ3) is 3.57. The second-order valence-corrected chi connectivity index (χ2v) is 8.41. The first-order chi connectivity index (χ1) is 15.6. The van der Waals surface area contributed by atoms with E-state index in [2.05, 4.69) is 35.0 Å². The summed E-state index contributed by atoms with van der Waals surface area (Å²) in [4.78, 5) is 12.1. The first-order valence-corrected chi connectivity index (χ1v) is 10.9. The summed E-state index contributed by atoms with van der Waals surface area (Å²) in [5, 5.41) is 8.80. The van der Waals surface area contributed by atoms with Crippen LogP contribution in [-0.2, 0) is 4.74 Å². The van der Waals surface area contributed by atoms with Gasteiger partial charge in [0.05, 0.1) is 32.1 Å². The topological polar surface area (TPSA) is 76.2 Å². The second kappa shape index (κ2) is 8.41. The van der Waals surface area contributed by atoms with Crippen LogP contribution in [0, 0.1) is 6.92 Å². The summed E-state index contributed by atoms with van der Waals surface area (Å²) in [6, 6.07) is 9.98. The number of fused-ring (bicyclic) bond motifs is 1. The highest BCUT2D eigenvalue weighted by Gasteiger charge is 2.24. The molecule has 8 heteroatoms. The number of aromatic nitrogens is 4. The summed E-state index contributed by atoms with van der Waals surface area (Å²) in [7, 11) is 1.66. The molecule has 4 heterocycles. The third-order valence-corrected chi connectivity index (χ3v) is 6.12. The molecule has 1 unspecified atom stereocenters. The van der Waals surface area contributed by atoms with E-state index in [1.165, 1.54) is 0 Å². The smallest absolute Gasteiger partial charge is 0.130 e. The van der Waals surface area contributed by atoms with Crippen molar-refractivity contribution in [1.82, 2.24) is 20.2 Å². The van der Waals surface area contributed by atoms with E-state index in [1.54, 1.807) is 13.3 Å². The number of aromatic amines is 1. The monoisotopic (exact) mass is 449 g/mol. The van der Waals surface area contributed by atoms with E-state index < -0.39 is 0 Å². The highest BCUT2D eigenvalue weighted by atomic mass is 35.5. The number of hydrogen-bond acceptors (Lipinski definition) is 6. The summed E-state index contributed by atoms with van der Waals surface area (Å²) in [6.07, 6.45) is 3.60. The lowest BCUT2D eigenvalue weighted by molar-refractivity contribution is 0.0986. The predicted octanol–water partition coefficient (Wildman–Crippen LogP) is 4.88. The molecule has 3 aromatic heterocycles. The quantitative estimate of drug-likeness (QED) is 0.478. The van der Waals surface area contributed by atoms with Crippen LogP contribution >= 0.6 is 11.6 Å². The van der Waals surface area contributed by atoms with Gasteiger partial charge in [-0.1, -0.05) is 11.6 Å². The van der Waals surface area contributed by atoms with Crippen molar-refractivity contribution in [3.63, 3.8) is 0 Å². The van der Waals surface area contributed by atoms with Gasteiger partial charge in [0.1, 0.15) is 22.8 Å². The fraction of sp³-hybridized carbons (Fsp3) is 0.292. The molecule has 1 N–H and O–H groups in total. The maximum Gasteiger partial charge on any atom is 0.130 e. The molecular weight excluding hydrogens is 426 g/mol. The van der Waals surface area contributed by atoms with Crippen molar-refractivity contribution in [2.75, 3.05) is 31.8 Å². The van der Waals surface area contributed by atoms with E-state index in [1.807, 2.05) is 30.5 Å². The molecule has 1 saturated heterocycles. The van der Waals surface area contributed by atoms with Crippen molar-refractivity contribution >= 4 is 28.3 Å². The number of methoxy groups -OCH3 is 1. The SMILES string of the molecule is COc1cc(Cl)ccc1-c1cc(N2CCOCC2C)nc2c(-c3ccn[nH]3)ncc(C)c12. The van der Waals surface area contributed by atoms with Gasteiger partial charge in [-0.05, 0) is 55.3 Å². The Bertz CT molecular complexity index is 1280. The number of hydrogen-bond donors (Lipinski definition) is 1. The Morgan fingerprint density at radius 2 is 2.09 bits per heavy atom. The number of rotatable bonds is 4. The van der Waals surface area contributed by atoms with Gasteiger partial charge in [-0.3, -0.25) is 10.1 Å². The third-order valence-electron chi connectivity index (χ3n) is 5.88. The van der Waals surface area contributed by atoms with E-state index in [9.17, 15) is 0 Å². The molecule has 1 atom stereocenters. The van der Waals surface area contributed by atoms with Crippen LogP contribution in [0.5, 0.6) is 5.75 Å². The van der Waals surface area contributed by atoms with Gasteiger partial charge in [-0.15, -0.1) is 0 Å². The normalized spacial score (nSPS) is 16.5. The van der Waals surface area contributed by atoms with Gasteiger partial charge < -0.3 is 14.4 Å². The van der Waals surface area contributed by atoms with Gasteiger partial charge in [0.15, 0.2) is 0 Å². The number of morpholine rings is 1. The molecule has 0 bridgehead atoms. The van der Waals surface area contributed by atoms with Crippen LogP contribution in [0.3, 0.4) is 0 Å². The average Bonchev–Trinajstić information content (AvgIpc) is 3.33. The van der Waals surface area contributed by atoms with E-state index in [0.717, 1.165) is 51.3 Å².